The largest absolute Gasteiger partial charge is 0.317 e. The summed E-state index contributed by atoms with van der Waals surface area (Å²) in [5.74, 6) is 0.554. The predicted molar refractivity (Wildman–Crippen MR) is 66.8 cm³/mol. The number of sulfonamides is 1. The molecule has 17 heavy (non-hydrogen) atoms. The second-order valence-corrected chi connectivity index (χ2v) is 6.72. The zero-order chi connectivity index (χ0) is 12.9. The van der Waals surface area contributed by atoms with E-state index in [-0.39, 0.29) is 0 Å². The molecular weight excluding hydrogens is 238 g/mol. The molecule has 1 unspecified atom stereocenters. The van der Waals surface area contributed by atoms with Gasteiger partial charge in [-0.3, -0.25) is 0 Å². The lowest BCUT2D eigenvalue weighted by Crippen LogP contribution is -2.43. The van der Waals surface area contributed by atoms with E-state index in [0.29, 0.717) is 19.0 Å². The molecule has 0 aromatic carbocycles. The number of nitriles is 1. The molecule has 1 N–H and O–H groups in total. The first-order chi connectivity index (χ1) is 8.02. The molecule has 0 aliphatic carbocycles. The molecule has 1 rings (SSSR count). The quantitative estimate of drug-likeness (QED) is 0.782. The molecule has 1 aliphatic heterocycles. The topological polar surface area (TPSA) is 73.2 Å². The van der Waals surface area contributed by atoms with Crippen molar-refractivity contribution in [3.8, 4) is 6.07 Å². The van der Waals surface area contributed by atoms with Gasteiger partial charge in [0.25, 0.3) is 0 Å². The van der Waals surface area contributed by atoms with E-state index in [0.717, 1.165) is 25.9 Å². The highest BCUT2D eigenvalue weighted by molar-refractivity contribution is 7.89. The molecule has 5 nitrogen and oxygen atoms in total. The number of piperidine rings is 1. The van der Waals surface area contributed by atoms with E-state index in [1.807, 2.05) is 0 Å². The molecule has 1 saturated heterocycles. The Labute approximate surface area is 104 Å². The Bertz CT molecular complexity index is 367. The highest BCUT2D eigenvalue weighted by Gasteiger charge is 2.31. The smallest absolute Gasteiger partial charge is 0.230 e. The monoisotopic (exact) mass is 259 g/mol. The number of hydrogen-bond donors (Lipinski definition) is 1. The van der Waals surface area contributed by atoms with Crippen LogP contribution in [0.3, 0.4) is 0 Å². The summed E-state index contributed by atoms with van der Waals surface area (Å²) in [6.07, 6.45) is 1.76. The van der Waals surface area contributed by atoms with E-state index in [4.69, 9.17) is 5.26 Å². The summed E-state index contributed by atoms with van der Waals surface area (Å²) in [5.41, 5.74) is 0. The predicted octanol–water partition coefficient (Wildman–Crippen LogP) is 0.550. The summed E-state index contributed by atoms with van der Waals surface area (Å²) in [6, 6.07) is 1.81. The summed E-state index contributed by atoms with van der Waals surface area (Å²) in [5, 5.41) is 11.1. The lowest BCUT2D eigenvalue weighted by atomic mass is 9.98. The molecule has 0 spiro atoms. The Morgan fingerprint density at radius 1 is 1.47 bits per heavy atom. The van der Waals surface area contributed by atoms with Crippen LogP contribution >= 0.6 is 0 Å². The second kappa shape index (κ2) is 6.34. The normalized spacial score (nSPS) is 21.0. The molecule has 1 aliphatic rings. The van der Waals surface area contributed by atoms with Gasteiger partial charge in [0, 0.05) is 13.1 Å². The van der Waals surface area contributed by atoms with Crippen molar-refractivity contribution >= 4 is 10.0 Å². The van der Waals surface area contributed by atoms with Gasteiger partial charge < -0.3 is 5.32 Å². The minimum absolute atomic E-state index is 0.546. The number of hydrogen-bond acceptors (Lipinski definition) is 4. The Morgan fingerprint density at radius 2 is 2.06 bits per heavy atom. The summed E-state index contributed by atoms with van der Waals surface area (Å²) in [4.78, 5) is 0. The van der Waals surface area contributed by atoms with Gasteiger partial charge in [0.1, 0.15) is 0 Å². The van der Waals surface area contributed by atoms with Crippen molar-refractivity contribution in [3.05, 3.63) is 0 Å². The first kappa shape index (κ1) is 14.4. The molecule has 98 valence electrons. The van der Waals surface area contributed by atoms with Crippen LogP contribution in [0.1, 0.15) is 26.7 Å². The maximum Gasteiger partial charge on any atom is 0.230 e. The van der Waals surface area contributed by atoms with E-state index in [9.17, 15) is 8.42 Å². The average molecular weight is 259 g/mol. The fourth-order valence-electron chi connectivity index (χ4n) is 2.01. The third kappa shape index (κ3) is 3.66. The Hall–Kier alpha value is -0.640. The van der Waals surface area contributed by atoms with Gasteiger partial charge in [0.2, 0.25) is 10.0 Å². The first-order valence-corrected chi connectivity index (χ1v) is 7.62. The van der Waals surface area contributed by atoms with Crippen molar-refractivity contribution in [2.75, 3.05) is 26.2 Å². The van der Waals surface area contributed by atoms with Crippen molar-refractivity contribution in [2.24, 2.45) is 5.92 Å². The maximum absolute atomic E-state index is 11.9. The van der Waals surface area contributed by atoms with Crippen LogP contribution in [-0.2, 0) is 10.0 Å². The molecule has 0 radical (unpaired) electrons. The average Bonchev–Trinajstić information content (AvgIpc) is 2.35. The van der Waals surface area contributed by atoms with E-state index >= 15 is 0 Å². The zero-order valence-corrected chi connectivity index (χ0v) is 11.3. The van der Waals surface area contributed by atoms with Crippen LogP contribution in [-0.4, -0.2) is 44.2 Å². The van der Waals surface area contributed by atoms with Gasteiger partial charge in [0.05, 0.1) is 6.07 Å². The summed E-state index contributed by atoms with van der Waals surface area (Å²) >= 11 is 0. The molecule has 0 aromatic heterocycles. The lowest BCUT2D eigenvalue weighted by Gasteiger charge is -2.31. The van der Waals surface area contributed by atoms with Gasteiger partial charge in [-0.15, -0.1) is 0 Å². The van der Waals surface area contributed by atoms with Crippen LogP contribution in [0, 0.1) is 17.2 Å². The standard InChI is InChI=1S/C11H21N3O2S/c1-3-13-9-11-4-6-14(7-5-11)17(15,16)10(2)8-12/h10-11,13H,3-7,9H2,1-2H3. The van der Waals surface area contributed by atoms with Gasteiger partial charge in [0.15, 0.2) is 5.25 Å². The number of rotatable bonds is 5. The minimum atomic E-state index is -3.40. The van der Waals surface area contributed by atoms with Crippen molar-refractivity contribution < 1.29 is 8.42 Å². The maximum atomic E-state index is 11.9. The summed E-state index contributed by atoms with van der Waals surface area (Å²) < 4.78 is 25.3. The minimum Gasteiger partial charge on any atom is -0.317 e. The zero-order valence-electron chi connectivity index (χ0n) is 10.5. The molecule has 1 fully saturated rings. The molecule has 1 heterocycles. The Morgan fingerprint density at radius 3 is 2.53 bits per heavy atom. The number of nitrogens with one attached hydrogen (secondary N) is 1. The van der Waals surface area contributed by atoms with Crippen LogP contribution in [0.4, 0.5) is 0 Å². The van der Waals surface area contributed by atoms with Gasteiger partial charge in [-0.2, -0.15) is 5.26 Å². The van der Waals surface area contributed by atoms with Crippen molar-refractivity contribution in [1.29, 1.82) is 5.26 Å². The molecule has 0 bridgehead atoms. The van der Waals surface area contributed by atoms with Crippen LogP contribution in [0.5, 0.6) is 0 Å². The van der Waals surface area contributed by atoms with E-state index in [1.54, 1.807) is 6.07 Å². The molecular formula is C11H21N3O2S. The van der Waals surface area contributed by atoms with E-state index < -0.39 is 15.3 Å². The van der Waals surface area contributed by atoms with Crippen molar-refractivity contribution in [1.82, 2.24) is 9.62 Å². The van der Waals surface area contributed by atoms with E-state index in [1.165, 1.54) is 11.2 Å². The Balaban J connectivity index is 2.50. The number of nitrogens with zero attached hydrogens (tertiary/aromatic N) is 2. The SMILES string of the molecule is CCNCC1CCN(S(=O)(=O)C(C)C#N)CC1. The fraction of sp³-hybridized carbons (Fsp3) is 0.909. The van der Waals surface area contributed by atoms with Gasteiger partial charge in [-0.05, 0) is 38.8 Å². The van der Waals surface area contributed by atoms with Crippen molar-refractivity contribution in [2.45, 2.75) is 31.9 Å². The third-order valence-corrected chi connectivity index (χ3v) is 5.33. The molecule has 0 aromatic rings. The molecule has 6 heteroatoms. The summed E-state index contributed by atoms with van der Waals surface area (Å²) in [6.45, 7) is 6.51. The molecule has 1 atom stereocenters. The van der Waals surface area contributed by atoms with Gasteiger partial charge in [-0.1, -0.05) is 6.92 Å². The van der Waals surface area contributed by atoms with Crippen LogP contribution in [0.2, 0.25) is 0 Å². The van der Waals surface area contributed by atoms with Crippen molar-refractivity contribution in [3.63, 3.8) is 0 Å². The summed E-state index contributed by atoms with van der Waals surface area (Å²) in [7, 11) is -3.40. The van der Waals surface area contributed by atoms with Gasteiger partial charge >= 0.3 is 0 Å². The third-order valence-electron chi connectivity index (χ3n) is 3.24. The van der Waals surface area contributed by atoms with Crippen LogP contribution in [0.15, 0.2) is 0 Å². The lowest BCUT2D eigenvalue weighted by molar-refractivity contribution is 0.268. The van der Waals surface area contributed by atoms with E-state index in [2.05, 4.69) is 12.2 Å². The highest BCUT2D eigenvalue weighted by atomic mass is 32.2. The second-order valence-electron chi connectivity index (χ2n) is 4.47. The first-order valence-electron chi connectivity index (χ1n) is 6.11. The molecule has 0 amide bonds. The molecule has 0 saturated carbocycles. The van der Waals surface area contributed by atoms with Crippen LogP contribution < -0.4 is 5.32 Å². The fourth-order valence-corrected chi connectivity index (χ4v) is 3.31. The van der Waals surface area contributed by atoms with Gasteiger partial charge in [-0.25, -0.2) is 12.7 Å². The van der Waals surface area contributed by atoms with Crippen LogP contribution in [0.25, 0.3) is 0 Å². The highest BCUT2D eigenvalue weighted by Crippen LogP contribution is 2.20. The Kier molecular flexibility index (Phi) is 5.37.